The molecule has 0 radical (unpaired) electrons. The van der Waals surface area contributed by atoms with Gasteiger partial charge in [-0.15, -0.1) is 0 Å². The molecular weight excluding hydrogens is 615 g/mol. The predicted molar refractivity (Wildman–Crippen MR) is 217 cm³/mol. The third-order valence-corrected chi connectivity index (χ3v) is 10.8. The summed E-state index contributed by atoms with van der Waals surface area (Å²) in [5.41, 5.74) is 17.3. The van der Waals surface area contributed by atoms with E-state index in [0.29, 0.717) is 0 Å². The Hall–Kier alpha value is -6.18. The normalized spacial score (nSPS) is 12.8. The fourth-order valence-electron chi connectivity index (χ4n) is 8.22. The molecule has 1 heteroatoms. The van der Waals surface area contributed by atoms with Crippen molar-refractivity contribution in [3.05, 3.63) is 199 Å². The number of hydrogen-bond donors (Lipinski definition) is 0. The molecule has 0 fully saturated rings. The maximum absolute atomic E-state index is 2.48. The van der Waals surface area contributed by atoms with Crippen LogP contribution in [0.1, 0.15) is 30.5 Å². The van der Waals surface area contributed by atoms with Crippen molar-refractivity contribution < 1.29 is 0 Å². The number of benzene rings is 8. The van der Waals surface area contributed by atoms with Gasteiger partial charge in [-0.3, -0.25) is 0 Å². The molecular formula is C50H39N. The van der Waals surface area contributed by atoms with Crippen LogP contribution in [0.5, 0.6) is 0 Å². The molecule has 8 aromatic carbocycles. The summed E-state index contributed by atoms with van der Waals surface area (Å²) in [4.78, 5) is 2.48. The molecule has 1 aliphatic carbocycles. The molecule has 0 bridgehead atoms. The zero-order valence-electron chi connectivity index (χ0n) is 29.3. The third-order valence-electron chi connectivity index (χ3n) is 10.8. The molecule has 0 saturated heterocycles. The average molecular weight is 654 g/mol. The van der Waals surface area contributed by atoms with E-state index in [1.165, 1.54) is 77.7 Å². The Morgan fingerprint density at radius 1 is 0.392 bits per heavy atom. The second-order valence-electron chi connectivity index (χ2n) is 14.2. The van der Waals surface area contributed by atoms with Crippen molar-refractivity contribution in [2.75, 3.05) is 4.90 Å². The molecule has 0 heterocycles. The molecule has 0 saturated carbocycles. The minimum Gasteiger partial charge on any atom is -0.310 e. The predicted octanol–water partition coefficient (Wildman–Crippen LogP) is 13.9. The van der Waals surface area contributed by atoms with Crippen molar-refractivity contribution in [3.8, 4) is 44.5 Å². The maximum atomic E-state index is 2.48. The van der Waals surface area contributed by atoms with E-state index in [1.807, 2.05) is 0 Å². The molecule has 9 rings (SSSR count). The summed E-state index contributed by atoms with van der Waals surface area (Å²) in [6.07, 6.45) is 0. The number of nitrogens with zero attached hydrogens (tertiary/aromatic N) is 1. The number of rotatable bonds is 6. The van der Waals surface area contributed by atoms with Gasteiger partial charge in [0.25, 0.3) is 0 Å². The van der Waals surface area contributed by atoms with E-state index in [0.717, 1.165) is 11.4 Å². The minimum absolute atomic E-state index is 0.111. The van der Waals surface area contributed by atoms with Gasteiger partial charge in [0.1, 0.15) is 0 Å². The maximum Gasteiger partial charge on any atom is 0.0569 e. The lowest BCUT2D eigenvalue weighted by molar-refractivity contribution is 0.660. The smallest absolute Gasteiger partial charge is 0.0569 e. The first-order valence-electron chi connectivity index (χ1n) is 17.9. The van der Waals surface area contributed by atoms with Crippen molar-refractivity contribution in [1.82, 2.24) is 0 Å². The molecule has 0 amide bonds. The van der Waals surface area contributed by atoms with Crippen molar-refractivity contribution >= 4 is 27.8 Å². The minimum atomic E-state index is -0.111. The van der Waals surface area contributed by atoms with Crippen LogP contribution in [0.3, 0.4) is 0 Å². The summed E-state index contributed by atoms with van der Waals surface area (Å²) in [7, 11) is 0. The van der Waals surface area contributed by atoms with Crippen LogP contribution < -0.4 is 4.90 Å². The van der Waals surface area contributed by atoms with Gasteiger partial charge in [-0.2, -0.15) is 0 Å². The Morgan fingerprint density at radius 3 is 1.76 bits per heavy atom. The number of aryl methyl sites for hydroxylation is 1. The Kier molecular flexibility index (Phi) is 7.44. The first kappa shape index (κ1) is 30.8. The zero-order chi connectivity index (χ0) is 34.5. The van der Waals surface area contributed by atoms with Gasteiger partial charge in [0.2, 0.25) is 0 Å². The summed E-state index contributed by atoms with van der Waals surface area (Å²) >= 11 is 0. The van der Waals surface area contributed by atoms with Crippen LogP contribution in [0.15, 0.2) is 182 Å². The van der Waals surface area contributed by atoms with Crippen molar-refractivity contribution in [3.63, 3.8) is 0 Å². The standard InChI is InChI=1S/C50H39N/c1-34-31-39(35-15-6-4-7-16-35)32-46(37-17-8-5-9-18-37)49(34)51(41-29-30-45-44-22-12-13-24-47(44)50(2,3)48(45)33-41)40-27-25-38(26-28-40)43-23-14-20-36-19-10-11-21-42(36)43/h4-33H,1-3H3. The Balaban J connectivity index is 1.27. The Labute approximate surface area is 301 Å². The van der Waals surface area contributed by atoms with Gasteiger partial charge in [-0.05, 0) is 110 Å². The lowest BCUT2D eigenvalue weighted by Gasteiger charge is -2.31. The summed E-state index contributed by atoms with van der Waals surface area (Å²) < 4.78 is 0. The number of fused-ring (bicyclic) bond motifs is 4. The summed E-state index contributed by atoms with van der Waals surface area (Å²) in [5.74, 6) is 0. The van der Waals surface area contributed by atoms with Crippen molar-refractivity contribution in [1.29, 1.82) is 0 Å². The molecule has 0 spiro atoms. The van der Waals surface area contributed by atoms with Crippen molar-refractivity contribution in [2.24, 2.45) is 0 Å². The molecule has 0 aliphatic heterocycles. The molecule has 8 aromatic rings. The van der Waals surface area contributed by atoms with Crippen LogP contribution in [-0.4, -0.2) is 0 Å². The summed E-state index contributed by atoms with van der Waals surface area (Å²) in [6.45, 7) is 6.99. The highest BCUT2D eigenvalue weighted by molar-refractivity contribution is 5.98. The fraction of sp³-hybridized carbons (Fsp3) is 0.0800. The van der Waals surface area contributed by atoms with Crippen LogP contribution >= 0.6 is 0 Å². The zero-order valence-corrected chi connectivity index (χ0v) is 29.3. The number of hydrogen-bond acceptors (Lipinski definition) is 1. The van der Waals surface area contributed by atoms with E-state index < -0.39 is 0 Å². The molecule has 0 unspecified atom stereocenters. The van der Waals surface area contributed by atoms with Gasteiger partial charge in [0, 0.05) is 22.4 Å². The van der Waals surface area contributed by atoms with Crippen LogP contribution in [0.4, 0.5) is 17.1 Å². The fourth-order valence-corrected chi connectivity index (χ4v) is 8.22. The van der Waals surface area contributed by atoms with Crippen LogP contribution in [-0.2, 0) is 5.41 Å². The largest absolute Gasteiger partial charge is 0.310 e. The third kappa shape index (κ3) is 5.25. The van der Waals surface area contributed by atoms with Gasteiger partial charge in [0.05, 0.1) is 5.69 Å². The SMILES string of the molecule is Cc1cc(-c2ccccc2)cc(-c2ccccc2)c1N(c1ccc(-c2cccc3ccccc23)cc1)c1ccc2c(c1)C(C)(C)c1ccccc1-2. The van der Waals surface area contributed by atoms with E-state index >= 15 is 0 Å². The highest BCUT2D eigenvalue weighted by atomic mass is 15.1. The highest BCUT2D eigenvalue weighted by Crippen LogP contribution is 2.52. The lowest BCUT2D eigenvalue weighted by atomic mass is 9.82. The van der Waals surface area contributed by atoms with Crippen LogP contribution in [0, 0.1) is 6.92 Å². The summed E-state index contributed by atoms with van der Waals surface area (Å²) in [5, 5.41) is 2.52. The van der Waals surface area contributed by atoms with Gasteiger partial charge in [0.15, 0.2) is 0 Å². The molecule has 51 heavy (non-hydrogen) atoms. The molecule has 1 aliphatic rings. The van der Waals surface area contributed by atoms with E-state index in [2.05, 4.69) is 208 Å². The quantitative estimate of drug-likeness (QED) is 0.173. The van der Waals surface area contributed by atoms with E-state index in [1.54, 1.807) is 0 Å². The molecule has 244 valence electrons. The highest BCUT2D eigenvalue weighted by Gasteiger charge is 2.36. The topological polar surface area (TPSA) is 3.24 Å². The van der Waals surface area contributed by atoms with E-state index in [-0.39, 0.29) is 5.41 Å². The van der Waals surface area contributed by atoms with Gasteiger partial charge >= 0.3 is 0 Å². The Morgan fingerprint density at radius 2 is 0.980 bits per heavy atom. The van der Waals surface area contributed by atoms with Crippen molar-refractivity contribution in [2.45, 2.75) is 26.2 Å². The monoisotopic (exact) mass is 653 g/mol. The molecule has 0 N–H and O–H groups in total. The first-order valence-corrected chi connectivity index (χ1v) is 17.9. The number of anilines is 3. The Bertz CT molecular complexity index is 2540. The van der Waals surface area contributed by atoms with Gasteiger partial charge < -0.3 is 4.90 Å². The lowest BCUT2D eigenvalue weighted by Crippen LogP contribution is -2.17. The second-order valence-corrected chi connectivity index (χ2v) is 14.2. The van der Waals surface area contributed by atoms with Crippen LogP contribution in [0.2, 0.25) is 0 Å². The van der Waals surface area contributed by atoms with Gasteiger partial charge in [-0.25, -0.2) is 0 Å². The second kappa shape index (κ2) is 12.3. The summed E-state index contributed by atoms with van der Waals surface area (Å²) in [6, 6.07) is 66.7. The van der Waals surface area contributed by atoms with Crippen LogP contribution in [0.25, 0.3) is 55.3 Å². The molecule has 1 nitrogen and oxygen atoms in total. The van der Waals surface area contributed by atoms with Gasteiger partial charge in [-0.1, -0.05) is 159 Å². The average Bonchev–Trinajstić information content (AvgIpc) is 3.41. The van der Waals surface area contributed by atoms with E-state index in [9.17, 15) is 0 Å². The first-order chi connectivity index (χ1) is 25.0. The molecule has 0 atom stereocenters. The molecule has 0 aromatic heterocycles. The van der Waals surface area contributed by atoms with E-state index in [4.69, 9.17) is 0 Å².